The van der Waals surface area contributed by atoms with E-state index in [0.29, 0.717) is 19.3 Å². The summed E-state index contributed by atoms with van der Waals surface area (Å²) in [4.78, 5) is 38.4. The molecule has 0 N–H and O–H groups in total. The van der Waals surface area contributed by atoms with Gasteiger partial charge in [0.15, 0.2) is 6.10 Å². The second-order valence-corrected chi connectivity index (χ2v) is 22.3. The number of carbonyl (C=O) groups excluding carboxylic acids is 3. The number of unbranched alkanes of at least 4 members (excludes halogenated alkanes) is 28. The van der Waals surface area contributed by atoms with Crippen molar-refractivity contribution in [2.45, 2.75) is 316 Å². The molecular weight excluding hydrogens is 1010 g/mol. The first kappa shape index (κ1) is 77.5. The van der Waals surface area contributed by atoms with E-state index in [0.717, 1.165) is 154 Å². The van der Waals surface area contributed by atoms with E-state index in [-0.39, 0.29) is 31.1 Å². The molecule has 0 bridgehead atoms. The average Bonchev–Trinajstić information content (AvgIpc) is 3.47. The summed E-state index contributed by atoms with van der Waals surface area (Å²) in [6, 6.07) is 0. The lowest BCUT2D eigenvalue weighted by molar-refractivity contribution is -0.167. The van der Waals surface area contributed by atoms with Gasteiger partial charge in [-0.05, 0) is 141 Å². The van der Waals surface area contributed by atoms with Crippen LogP contribution in [0.1, 0.15) is 310 Å². The molecule has 466 valence electrons. The molecule has 0 amide bonds. The number of esters is 3. The standard InChI is InChI=1S/C76H126O6/c1-4-7-10-13-16-19-22-25-28-30-31-32-33-34-35-36-37-38-39-40-41-42-43-44-45-46-49-51-54-57-60-63-66-69-75(78)81-72-73(71-80-74(77)68-65-62-59-56-53-50-47-27-24-21-18-15-12-9-6-3)82-76(79)70-67-64-61-58-55-52-48-29-26-23-20-17-14-11-8-5-2/h7,10,16,18-21,23,25,27-29,31-32,34-35,37-38,40-41,47-48,73H,4-6,8-9,11-15,17,22,24,26,30,33,36,39,42-46,49-72H2,1-3H3/b10-7-,19-16-,21-18-,23-20-,28-25-,32-31-,35-34-,38-37-,41-40-,47-27-,48-29-. The molecule has 82 heavy (non-hydrogen) atoms. The van der Waals surface area contributed by atoms with Crippen LogP contribution in [0, 0.1) is 0 Å². The largest absolute Gasteiger partial charge is 0.462 e. The minimum Gasteiger partial charge on any atom is -0.462 e. The third-order valence-electron chi connectivity index (χ3n) is 14.4. The molecule has 0 aliphatic rings. The molecule has 0 fully saturated rings. The SMILES string of the molecule is CC/C=C\C/C=C\C/C=C\C/C=C\C/C=C\C/C=C\C/C=C\CCCCCCCCCCCCCC(=O)OCC(COC(=O)CCCCCCC/C=C\C/C=C\CCCCC)OC(=O)CCCCCCC/C=C\C/C=C\CCCCCC. The van der Waals surface area contributed by atoms with Gasteiger partial charge < -0.3 is 14.2 Å². The number of carbonyl (C=O) groups is 3. The van der Waals surface area contributed by atoms with E-state index in [2.05, 4.69) is 154 Å². The quantitative estimate of drug-likeness (QED) is 0.0261. The smallest absolute Gasteiger partial charge is 0.306 e. The van der Waals surface area contributed by atoms with Gasteiger partial charge >= 0.3 is 17.9 Å². The van der Waals surface area contributed by atoms with Gasteiger partial charge in [-0.15, -0.1) is 0 Å². The van der Waals surface area contributed by atoms with Crippen LogP contribution in [0.2, 0.25) is 0 Å². The minimum atomic E-state index is -0.797. The van der Waals surface area contributed by atoms with Crippen molar-refractivity contribution in [1.82, 2.24) is 0 Å². The zero-order valence-electron chi connectivity index (χ0n) is 53.5. The van der Waals surface area contributed by atoms with Crippen molar-refractivity contribution >= 4 is 17.9 Å². The molecule has 0 aromatic heterocycles. The zero-order chi connectivity index (χ0) is 59.2. The van der Waals surface area contributed by atoms with Gasteiger partial charge in [-0.25, -0.2) is 0 Å². The molecule has 6 heteroatoms. The van der Waals surface area contributed by atoms with Crippen LogP contribution in [-0.2, 0) is 28.6 Å². The lowest BCUT2D eigenvalue weighted by Gasteiger charge is -2.18. The summed E-state index contributed by atoms with van der Waals surface area (Å²) < 4.78 is 16.9. The van der Waals surface area contributed by atoms with Crippen LogP contribution < -0.4 is 0 Å². The molecule has 0 rings (SSSR count). The van der Waals surface area contributed by atoms with Crippen molar-refractivity contribution in [2.24, 2.45) is 0 Å². The van der Waals surface area contributed by atoms with E-state index in [1.165, 1.54) is 116 Å². The van der Waals surface area contributed by atoms with Crippen LogP contribution >= 0.6 is 0 Å². The summed E-state index contributed by atoms with van der Waals surface area (Å²) in [6.45, 7) is 6.47. The molecular formula is C76H126O6. The van der Waals surface area contributed by atoms with Gasteiger partial charge in [-0.1, -0.05) is 283 Å². The first-order chi connectivity index (χ1) is 40.5. The second-order valence-electron chi connectivity index (χ2n) is 22.3. The second kappa shape index (κ2) is 69.0. The molecule has 0 aromatic rings. The fraction of sp³-hybridized carbons (Fsp3) is 0.671. The van der Waals surface area contributed by atoms with Crippen molar-refractivity contribution in [3.63, 3.8) is 0 Å². The minimum absolute atomic E-state index is 0.0917. The van der Waals surface area contributed by atoms with Crippen molar-refractivity contribution in [3.8, 4) is 0 Å². The summed E-state index contributed by atoms with van der Waals surface area (Å²) in [5.41, 5.74) is 0. The molecule has 0 aliphatic carbocycles. The van der Waals surface area contributed by atoms with Crippen LogP contribution in [0.25, 0.3) is 0 Å². The molecule has 0 radical (unpaired) electrons. The van der Waals surface area contributed by atoms with Crippen molar-refractivity contribution in [1.29, 1.82) is 0 Å². The van der Waals surface area contributed by atoms with Crippen LogP contribution in [0.5, 0.6) is 0 Å². The number of hydrogen-bond acceptors (Lipinski definition) is 6. The third kappa shape index (κ3) is 66.4. The molecule has 0 saturated heterocycles. The van der Waals surface area contributed by atoms with Gasteiger partial charge in [0.25, 0.3) is 0 Å². The molecule has 0 aromatic carbocycles. The van der Waals surface area contributed by atoms with Gasteiger partial charge in [-0.3, -0.25) is 14.4 Å². The molecule has 1 unspecified atom stereocenters. The highest BCUT2D eigenvalue weighted by atomic mass is 16.6. The Kier molecular flexibility index (Phi) is 65.3. The Bertz CT molecular complexity index is 1730. The fourth-order valence-electron chi connectivity index (χ4n) is 9.25. The highest BCUT2D eigenvalue weighted by molar-refractivity contribution is 5.71. The van der Waals surface area contributed by atoms with E-state index < -0.39 is 6.10 Å². The van der Waals surface area contributed by atoms with Gasteiger partial charge in [0.2, 0.25) is 0 Å². The topological polar surface area (TPSA) is 78.9 Å². The van der Waals surface area contributed by atoms with Crippen LogP contribution in [0.15, 0.2) is 134 Å². The van der Waals surface area contributed by atoms with Crippen molar-refractivity contribution in [3.05, 3.63) is 134 Å². The lowest BCUT2D eigenvalue weighted by atomic mass is 10.0. The van der Waals surface area contributed by atoms with E-state index >= 15 is 0 Å². The summed E-state index contributed by atoms with van der Waals surface area (Å²) in [7, 11) is 0. The normalized spacial score (nSPS) is 13.0. The highest BCUT2D eigenvalue weighted by Crippen LogP contribution is 2.15. The van der Waals surface area contributed by atoms with Gasteiger partial charge in [0.1, 0.15) is 13.2 Å². The zero-order valence-corrected chi connectivity index (χ0v) is 53.5. The van der Waals surface area contributed by atoms with Gasteiger partial charge in [-0.2, -0.15) is 0 Å². The van der Waals surface area contributed by atoms with Crippen molar-refractivity contribution < 1.29 is 28.6 Å². The Morgan fingerprint density at radius 3 is 0.768 bits per heavy atom. The fourth-order valence-corrected chi connectivity index (χ4v) is 9.25. The van der Waals surface area contributed by atoms with Crippen LogP contribution in [0.3, 0.4) is 0 Å². The first-order valence-electron chi connectivity index (χ1n) is 34.2. The summed E-state index contributed by atoms with van der Waals surface area (Å²) in [5.74, 6) is -0.916. The van der Waals surface area contributed by atoms with E-state index in [9.17, 15) is 14.4 Å². The highest BCUT2D eigenvalue weighted by Gasteiger charge is 2.19. The Morgan fingerprint density at radius 1 is 0.256 bits per heavy atom. The molecule has 1 atom stereocenters. The molecule has 6 nitrogen and oxygen atoms in total. The van der Waals surface area contributed by atoms with E-state index in [1.54, 1.807) is 0 Å². The Balaban J connectivity index is 4.29. The first-order valence-corrected chi connectivity index (χ1v) is 34.2. The Labute approximate surface area is 506 Å². The van der Waals surface area contributed by atoms with Crippen molar-refractivity contribution in [2.75, 3.05) is 13.2 Å². The monoisotopic (exact) mass is 1130 g/mol. The van der Waals surface area contributed by atoms with Gasteiger partial charge in [0.05, 0.1) is 0 Å². The van der Waals surface area contributed by atoms with E-state index in [1.807, 2.05) is 0 Å². The summed E-state index contributed by atoms with van der Waals surface area (Å²) in [6.07, 6.45) is 97.5. The number of hydrogen-bond donors (Lipinski definition) is 0. The predicted octanol–water partition coefficient (Wildman–Crippen LogP) is 23.7. The summed E-state index contributed by atoms with van der Waals surface area (Å²) in [5, 5.41) is 0. The Morgan fingerprint density at radius 2 is 0.476 bits per heavy atom. The maximum atomic E-state index is 12.9. The molecule has 0 spiro atoms. The maximum absolute atomic E-state index is 12.9. The lowest BCUT2D eigenvalue weighted by Crippen LogP contribution is -2.30. The van der Waals surface area contributed by atoms with Crippen LogP contribution in [-0.4, -0.2) is 37.2 Å². The molecule has 0 saturated carbocycles. The predicted molar refractivity (Wildman–Crippen MR) is 357 cm³/mol. The number of allylic oxidation sites excluding steroid dienone is 22. The number of ether oxygens (including phenoxy) is 3. The summed E-state index contributed by atoms with van der Waals surface area (Å²) >= 11 is 0. The maximum Gasteiger partial charge on any atom is 0.306 e. The Hall–Kier alpha value is -4.45. The average molecular weight is 1140 g/mol. The molecule has 0 aliphatic heterocycles. The van der Waals surface area contributed by atoms with Gasteiger partial charge in [0, 0.05) is 19.3 Å². The third-order valence-corrected chi connectivity index (χ3v) is 14.4. The number of rotatable bonds is 61. The van der Waals surface area contributed by atoms with E-state index in [4.69, 9.17) is 14.2 Å². The van der Waals surface area contributed by atoms with Crippen LogP contribution in [0.4, 0.5) is 0 Å². The molecule has 0 heterocycles.